The van der Waals surface area contributed by atoms with Crippen molar-refractivity contribution in [1.82, 2.24) is 14.6 Å². The summed E-state index contributed by atoms with van der Waals surface area (Å²) in [6.07, 6.45) is 5.82. The average Bonchev–Trinajstić information content (AvgIpc) is 2.82. The van der Waals surface area contributed by atoms with Gasteiger partial charge in [0.15, 0.2) is 11.5 Å². The van der Waals surface area contributed by atoms with Crippen molar-refractivity contribution < 1.29 is 0 Å². The summed E-state index contributed by atoms with van der Waals surface area (Å²) in [5, 5.41) is 8.18. The molecule has 0 atom stereocenters. The number of fused-ring (bicyclic) bond motifs is 1. The number of aromatic nitrogens is 3. The minimum Gasteiger partial charge on any atom is -0.396 e. The maximum absolute atomic E-state index is 5.83. The Kier molecular flexibility index (Phi) is 2.53. The zero-order valence-electron chi connectivity index (χ0n) is 9.69. The standard InChI is InChI=1S/C14H12N4/c15-12-7-4-10-18-13(16-17-14(12)18)9-8-11-5-2-1-3-6-11/h1-10H,15H2/b9-8+. The van der Waals surface area contributed by atoms with Gasteiger partial charge < -0.3 is 5.73 Å². The maximum Gasteiger partial charge on any atom is 0.184 e. The molecule has 2 aromatic heterocycles. The number of rotatable bonds is 2. The lowest BCUT2D eigenvalue weighted by atomic mass is 10.2. The van der Waals surface area contributed by atoms with Crippen LogP contribution in [0.4, 0.5) is 5.69 Å². The van der Waals surface area contributed by atoms with Gasteiger partial charge in [0.1, 0.15) is 0 Å². The molecule has 3 rings (SSSR count). The minimum absolute atomic E-state index is 0.629. The second-order valence-electron chi connectivity index (χ2n) is 3.96. The highest BCUT2D eigenvalue weighted by Crippen LogP contribution is 2.13. The SMILES string of the molecule is Nc1cccn2c(/C=C/c3ccccc3)nnc12. The first-order chi connectivity index (χ1) is 8.84. The summed E-state index contributed by atoms with van der Waals surface area (Å²) in [5.41, 5.74) is 8.27. The molecule has 0 amide bonds. The van der Waals surface area contributed by atoms with E-state index in [0.717, 1.165) is 11.4 Å². The van der Waals surface area contributed by atoms with Gasteiger partial charge in [0.2, 0.25) is 0 Å². The van der Waals surface area contributed by atoms with Crippen molar-refractivity contribution in [2.75, 3.05) is 5.73 Å². The second-order valence-corrected chi connectivity index (χ2v) is 3.96. The Hall–Kier alpha value is -2.62. The largest absolute Gasteiger partial charge is 0.396 e. The molecule has 0 aliphatic heterocycles. The number of nitrogen functional groups attached to an aromatic ring is 1. The van der Waals surface area contributed by atoms with Gasteiger partial charge in [0, 0.05) is 6.20 Å². The van der Waals surface area contributed by atoms with Crippen molar-refractivity contribution in [2.24, 2.45) is 0 Å². The first-order valence-electron chi connectivity index (χ1n) is 5.67. The Balaban J connectivity index is 2.01. The van der Waals surface area contributed by atoms with Crippen LogP contribution in [-0.2, 0) is 0 Å². The van der Waals surface area contributed by atoms with E-state index in [9.17, 15) is 0 Å². The smallest absolute Gasteiger partial charge is 0.184 e. The van der Waals surface area contributed by atoms with Crippen LogP contribution in [0.5, 0.6) is 0 Å². The van der Waals surface area contributed by atoms with Crippen molar-refractivity contribution >= 4 is 23.5 Å². The lowest BCUT2D eigenvalue weighted by Crippen LogP contribution is -1.92. The Labute approximate surface area is 104 Å². The van der Waals surface area contributed by atoms with E-state index in [1.54, 1.807) is 0 Å². The third-order valence-electron chi connectivity index (χ3n) is 2.72. The predicted octanol–water partition coefficient (Wildman–Crippen LogP) is 2.48. The van der Waals surface area contributed by atoms with E-state index in [1.807, 2.05) is 65.2 Å². The van der Waals surface area contributed by atoms with Crippen LogP contribution in [0, 0.1) is 0 Å². The lowest BCUT2D eigenvalue weighted by Gasteiger charge is -1.96. The van der Waals surface area contributed by atoms with E-state index in [0.29, 0.717) is 11.3 Å². The second kappa shape index (κ2) is 4.33. The van der Waals surface area contributed by atoms with E-state index >= 15 is 0 Å². The first-order valence-corrected chi connectivity index (χ1v) is 5.67. The third-order valence-corrected chi connectivity index (χ3v) is 2.72. The molecule has 3 aromatic rings. The number of nitrogens with two attached hydrogens (primary N) is 1. The van der Waals surface area contributed by atoms with Crippen LogP contribution in [0.15, 0.2) is 48.7 Å². The van der Waals surface area contributed by atoms with Crippen LogP contribution in [0.25, 0.3) is 17.8 Å². The molecule has 2 heterocycles. The fraction of sp³-hybridized carbons (Fsp3) is 0. The summed E-state index contributed by atoms with van der Waals surface area (Å²) < 4.78 is 1.87. The summed E-state index contributed by atoms with van der Waals surface area (Å²) in [6, 6.07) is 13.8. The molecule has 88 valence electrons. The molecular weight excluding hydrogens is 224 g/mol. The zero-order valence-corrected chi connectivity index (χ0v) is 9.69. The van der Waals surface area contributed by atoms with Gasteiger partial charge >= 0.3 is 0 Å². The van der Waals surface area contributed by atoms with E-state index in [4.69, 9.17) is 5.73 Å². The van der Waals surface area contributed by atoms with Gasteiger partial charge in [-0.2, -0.15) is 0 Å². The van der Waals surface area contributed by atoms with Crippen LogP contribution in [0.1, 0.15) is 11.4 Å². The number of hydrogen-bond donors (Lipinski definition) is 1. The molecule has 0 bridgehead atoms. The van der Waals surface area contributed by atoms with E-state index < -0.39 is 0 Å². The molecule has 0 unspecified atom stereocenters. The summed E-state index contributed by atoms with van der Waals surface area (Å²) in [4.78, 5) is 0. The lowest BCUT2D eigenvalue weighted by molar-refractivity contribution is 1.08. The maximum atomic E-state index is 5.83. The summed E-state index contributed by atoms with van der Waals surface area (Å²) >= 11 is 0. The molecule has 0 fully saturated rings. The van der Waals surface area contributed by atoms with E-state index in [2.05, 4.69) is 10.2 Å². The Morgan fingerprint density at radius 1 is 0.944 bits per heavy atom. The molecule has 2 N–H and O–H groups in total. The summed E-state index contributed by atoms with van der Waals surface area (Å²) in [6.45, 7) is 0. The molecule has 1 aromatic carbocycles. The van der Waals surface area contributed by atoms with Crippen molar-refractivity contribution in [3.8, 4) is 0 Å². The van der Waals surface area contributed by atoms with Crippen LogP contribution >= 0.6 is 0 Å². The third kappa shape index (κ3) is 1.84. The van der Waals surface area contributed by atoms with Crippen molar-refractivity contribution in [1.29, 1.82) is 0 Å². The van der Waals surface area contributed by atoms with Gasteiger partial charge in [-0.25, -0.2) is 0 Å². The fourth-order valence-electron chi connectivity index (χ4n) is 1.80. The Morgan fingerprint density at radius 2 is 1.78 bits per heavy atom. The molecule has 4 heteroatoms. The van der Waals surface area contributed by atoms with E-state index in [1.165, 1.54) is 0 Å². The van der Waals surface area contributed by atoms with Crippen LogP contribution in [-0.4, -0.2) is 14.6 Å². The topological polar surface area (TPSA) is 56.2 Å². The molecule has 0 spiro atoms. The first kappa shape index (κ1) is 10.5. The van der Waals surface area contributed by atoms with Gasteiger partial charge in [-0.15, -0.1) is 10.2 Å². The van der Waals surface area contributed by atoms with Crippen LogP contribution in [0.3, 0.4) is 0 Å². The molecular formula is C14H12N4. The zero-order chi connectivity index (χ0) is 12.4. The summed E-state index contributed by atoms with van der Waals surface area (Å²) in [7, 11) is 0. The Morgan fingerprint density at radius 3 is 2.61 bits per heavy atom. The molecule has 0 saturated carbocycles. The average molecular weight is 236 g/mol. The van der Waals surface area contributed by atoms with Gasteiger partial charge in [0.25, 0.3) is 0 Å². The van der Waals surface area contributed by atoms with Crippen molar-refractivity contribution in [3.05, 3.63) is 60.0 Å². The van der Waals surface area contributed by atoms with E-state index in [-0.39, 0.29) is 0 Å². The molecule has 0 aliphatic rings. The normalized spacial score (nSPS) is 11.3. The molecule has 4 nitrogen and oxygen atoms in total. The predicted molar refractivity (Wildman–Crippen MR) is 72.8 cm³/mol. The number of hydrogen-bond acceptors (Lipinski definition) is 3. The van der Waals surface area contributed by atoms with Gasteiger partial charge in [-0.05, 0) is 23.8 Å². The number of nitrogens with zero attached hydrogens (tertiary/aromatic N) is 3. The highest BCUT2D eigenvalue weighted by molar-refractivity contribution is 5.70. The minimum atomic E-state index is 0.629. The molecule has 0 radical (unpaired) electrons. The number of benzene rings is 1. The number of anilines is 1. The van der Waals surface area contributed by atoms with Crippen molar-refractivity contribution in [2.45, 2.75) is 0 Å². The monoisotopic (exact) mass is 236 g/mol. The van der Waals surface area contributed by atoms with Crippen LogP contribution < -0.4 is 5.73 Å². The highest BCUT2D eigenvalue weighted by atomic mass is 15.2. The van der Waals surface area contributed by atoms with Crippen LogP contribution in [0.2, 0.25) is 0 Å². The fourth-order valence-corrected chi connectivity index (χ4v) is 1.80. The van der Waals surface area contributed by atoms with Gasteiger partial charge in [-0.1, -0.05) is 36.4 Å². The van der Waals surface area contributed by atoms with Crippen molar-refractivity contribution in [3.63, 3.8) is 0 Å². The summed E-state index contributed by atoms with van der Waals surface area (Å²) in [5.74, 6) is 0.765. The molecule has 18 heavy (non-hydrogen) atoms. The highest BCUT2D eigenvalue weighted by Gasteiger charge is 2.03. The number of pyridine rings is 1. The van der Waals surface area contributed by atoms with Gasteiger partial charge in [-0.3, -0.25) is 4.40 Å². The quantitative estimate of drug-likeness (QED) is 0.743. The molecule has 0 saturated heterocycles. The Bertz CT molecular complexity index is 698. The van der Waals surface area contributed by atoms with Gasteiger partial charge in [0.05, 0.1) is 5.69 Å². The molecule has 0 aliphatic carbocycles.